The van der Waals surface area contributed by atoms with Gasteiger partial charge in [0.15, 0.2) is 0 Å². The van der Waals surface area contributed by atoms with Gasteiger partial charge >= 0.3 is 0 Å². The molecule has 6 heteroatoms. The van der Waals surface area contributed by atoms with Crippen LogP contribution in [0.1, 0.15) is 24.2 Å². The maximum atomic E-state index is 12.3. The van der Waals surface area contributed by atoms with E-state index in [2.05, 4.69) is 5.32 Å². The number of hydrogen-bond donors (Lipinski definition) is 3. The molecule has 1 aromatic rings. The summed E-state index contributed by atoms with van der Waals surface area (Å²) in [7, 11) is 3.72. The van der Waals surface area contributed by atoms with Gasteiger partial charge in [-0.2, -0.15) is 0 Å². The summed E-state index contributed by atoms with van der Waals surface area (Å²) in [4.78, 5) is 14.2. The van der Waals surface area contributed by atoms with E-state index in [0.29, 0.717) is 30.2 Å². The lowest BCUT2D eigenvalue weighted by atomic mass is 10.1. The number of nitrogens with zero attached hydrogens (tertiary/aromatic N) is 1. The van der Waals surface area contributed by atoms with Gasteiger partial charge in [0.2, 0.25) is 0 Å². The lowest BCUT2D eigenvalue weighted by Crippen LogP contribution is -2.47. The zero-order valence-corrected chi connectivity index (χ0v) is 13.1. The number of carbonyl (C=O) groups excluding carboxylic acids is 1. The van der Waals surface area contributed by atoms with Crippen LogP contribution in [0, 0.1) is 0 Å². The average Bonchev–Trinajstić information content (AvgIpc) is 2.35. The van der Waals surface area contributed by atoms with Crippen LogP contribution < -0.4 is 15.8 Å². The summed E-state index contributed by atoms with van der Waals surface area (Å²) in [6, 6.07) is 5.08. The zero-order chi connectivity index (χ0) is 16.0. The monoisotopic (exact) mass is 295 g/mol. The van der Waals surface area contributed by atoms with Crippen LogP contribution >= 0.6 is 0 Å². The van der Waals surface area contributed by atoms with Crippen molar-refractivity contribution in [3.8, 4) is 5.75 Å². The molecule has 0 fully saturated rings. The topological polar surface area (TPSA) is 87.8 Å². The number of ether oxygens (including phenoxy) is 1. The first kappa shape index (κ1) is 17.3. The first-order chi connectivity index (χ1) is 9.76. The van der Waals surface area contributed by atoms with E-state index in [1.54, 1.807) is 25.1 Å². The van der Waals surface area contributed by atoms with Gasteiger partial charge < -0.3 is 25.8 Å². The van der Waals surface area contributed by atoms with E-state index < -0.39 is 5.60 Å². The van der Waals surface area contributed by atoms with Crippen LogP contribution in [-0.4, -0.2) is 55.3 Å². The lowest BCUT2D eigenvalue weighted by molar-refractivity contribution is 0.0325. The standard InChI is InChI=1S/C15H25N3O3/c1-5-21-12-8-6-7-11(16)13(12)14(19)17-9-15(2,20)10-18(3)4/h6-8,20H,5,9-10,16H2,1-4H3,(H,17,19). The van der Waals surface area contributed by atoms with Crippen LogP contribution in [0.4, 0.5) is 5.69 Å². The zero-order valence-electron chi connectivity index (χ0n) is 13.1. The highest BCUT2D eigenvalue weighted by molar-refractivity contribution is 6.01. The molecule has 4 N–H and O–H groups in total. The molecular weight excluding hydrogens is 270 g/mol. The number of nitrogens with two attached hydrogens (primary N) is 1. The molecule has 118 valence electrons. The van der Waals surface area contributed by atoms with Crippen LogP contribution in [0.5, 0.6) is 5.75 Å². The number of carbonyl (C=O) groups is 1. The van der Waals surface area contributed by atoms with Gasteiger partial charge in [-0.25, -0.2) is 0 Å². The fourth-order valence-corrected chi connectivity index (χ4v) is 2.16. The fraction of sp³-hybridized carbons (Fsp3) is 0.533. The quantitative estimate of drug-likeness (QED) is 0.645. The Bertz CT molecular complexity index is 487. The summed E-state index contributed by atoms with van der Waals surface area (Å²) in [5, 5.41) is 12.9. The van der Waals surface area contributed by atoms with Crippen molar-refractivity contribution >= 4 is 11.6 Å². The van der Waals surface area contributed by atoms with Crippen molar-refractivity contribution < 1.29 is 14.6 Å². The molecule has 1 rings (SSSR count). The molecule has 0 spiro atoms. The van der Waals surface area contributed by atoms with Crippen LogP contribution in [0.3, 0.4) is 0 Å². The number of amides is 1. The van der Waals surface area contributed by atoms with Crippen LogP contribution in [0.2, 0.25) is 0 Å². The Morgan fingerprint density at radius 2 is 2.14 bits per heavy atom. The fourth-order valence-electron chi connectivity index (χ4n) is 2.16. The number of aliphatic hydroxyl groups is 1. The van der Waals surface area contributed by atoms with Gasteiger partial charge in [-0.15, -0.1) is 0 Å². The van der Waals surface area contributed by atoms with E-state index in [1.807, 2.05) is 25.9 Å². The summed E-state index contributed by atoms with van der Waals surface area (Å²) in [5.41, 5.74) is 5.50. The third-order valence-electron chi connectivity index (χ3n) is 2.87. The Kier molecular flexibility index (Phi) is 5.99. The highest BCUT2D eigenvalue weighted by Crippen LogP contribution is 2.24. The molecule has 0 aliphatic rings. The normalized spacial score (nSPS) is 13.8. The smallest absolute Gasteiger partial charge is 0.257 e. The third kappa shape index (κ3) is 5.24. The minimum absolute atomic E-state index is 0.129. The van der Waals surface area contributed by atoms with E-state index in [4.69, 9.17) is 10.5 Å². The molecule has 0 saturated heterocycles. The molecule has 0 aliphatic carbocycles. The molecule has 0 aliphatic heterocycles. The highest BCUT2D eigenvalue weighted by Gasteiger charge is 2.24. The molecule has 0 bridgehead atoms. The maximum absolute atomic E-state index is 12.3. The lowest BCUT2D eigenvalue weighted by Gasteiger charge is -2.27. The summed E-state index contributed by atoms with van der Waals surface area (Å²) in [5.74, 6) is 0.0952. The van der Waals surface area contributed by atoms with Gasteiger partial charge in [0.25, 0.3) is 5.91 Å². The van der Waals surface area contributed by atoms with Crippen molar-refractivity contribution in [3.05, 3.63) is 23.8 Å². The van der Waals surface area contributed by atoms with Gasteiger partial charge in [-0.1, -0.05) is 6.07 Å². The Hall–Kier alpha value is -1.79. The second kappa shape index (κ2) is 7.28. The minimum Gasteiger partial charge on any atom is -0.493 e. The molecule has 1 unspecified atom stereocenters. The van der Waals surface area contributed by atoms with Gasteiger partial charge in [-0.05, 0) is 40.1 Å². The predicted octanol–water partition coefficient (Wildman–Crippen LogP) is 0.710. The van der Waals surface area contributed by atoms with E-state index in [0.717, 1.165) is 0 Å². The summed E-state index contributed by atoms with van der Waals surface area (Å²) in [6.07, 6.45) is 0. The molecular formula is C15H25N3O3. The number of anilines is 1. The summed E-state index contributed by atoms with van der Waals surface area (Å²) in [6.45, 7) is 4.53. The molecule has 0 heterocycles. The number of nitrogens with one attached hydrogen (secondary N) is 1. The van der Waals surface area contributed by atoms with E-state index >= 15 is 0 Å². The van der Waals surface area contributed by atoms with Crippen LogP contribution in [0.15, 0.2) is 18.2 Å². The second-order valence-corrected chi connectivity index (χ2v) is 5.57. The van der Waals surface area contributed by atoms with Crippen molar-refractivity contribution in [2.45, 2.75) is 19.4 Å². The molecule has 1 atom stereocenters. The van der Waals surface area contributed by atoms with Crippen molar-refractivity contribution in [1.29, 1.82) is 0 Å². The van der Waals surface area contributed by atoms with Crippen LogP contribution in [-0.2, 0) is 0 Å². The van der Waals surface area contributed by atoms with Crippen molar-refractivity contribution in [1.82, 2.24) is 10.2 Å². The van der Waals surface area contributed by atoms with E-state index in [-0.39, 0.29) is 12.5 Å². The van der Waals surface area contributed by atoms with Gasteiger partial charge in [0.1, 0.15) is 11.3 Å². The minimum atomic E-state index is -1.02. The Morgan fingerprint density at radius 1 is 1.48 bits per heavy atom. The molecule has 21 heavy (non-hydrogen) atoms. The molecule has 0 radical (unpaired) electrons. The predicted molar refractivity (Wildman–Crippen MR) is 83.5 cm³/mol. The van der Waals surface area contributed by atoms with Gasteiger partial charge in [-0.3, -0.25) is 4.79 Å². The van der Waals surface area contributed by atoms with Gasteiger partial charge in [0, 0.05) is 18.8 Å². The molecule has 0 saturated carbocycles. The molecule has 1 amide bonds. The Morgan fingerprint density at radius 3 is 2.71 bits per heavy atom. The second-order valence-electron chi connectivity index (χ2n) is 5.57. The first-order valence-corrected chi connectivity index (χ1v) is 6.93. The maximum Gasteiger partial charge on any atom is 0.257 e. The van der Waals surface area contributed by atoms with Crippen molar-refractivity contribution in [3.63, 3.8) is 0 Å². The van der Waals surface area contributed by atoms with Crippen molar-refractivity contribution in [2.24, 2.45) is 0 Å². The average molecular weight is 295 g/mol. The third-order valence-corrected chi connectivity index (χ3v) is 2.87. The molecule has 6 nitrogen and oxygen atoms in total. The van der Waals surface area contributed by atoms with Gasteiger partial charge in [0.05, 0.1) is 12.2 Å². The van der Waals surface area contributed by atoms with E-state index in [1.165, 1.54) is 0 Å². The SMILES string of the molecule is CCOc1cccc(N)c1C(=O)NCC(C)(O)CN(C)C. The number of likely N-dealkylation sites (N-methyl/N-ethyl adjacent to an activating group) is 1. The number of hydrogen-bond acceptors (Lipinski definition) is 5. The number of benzene rings is 1. The highest BCUT2D eigenvalue weighted by atomic mass is 16.5. The molecule has 1 aromatic carbocycles. The number of rotatable bonds is 7. The Balaban J connectivity index is 2.81. The first-order valence-electron chi connectivity index (χ1n) is 6.93. The Labute approximate surface area is 125 Å². The van der Waals surface area contributed by atoms with Crippen molar-refractivity contribution in [2.75, 3.05) is 39.5 Å². The van der Waals surface area contributed by atoms with E-state index in [9.17, 15) is 9.90 Å². The number of nitrogen functional groups attached to an aromatic ring is 1. The summed E-state index contributed by atoms with van der Waals surface area (Å²) < 4.78 is 5.42. The summed E-state index contributed by atoms with van der Waals surface area (Å²) >= 11 is 0. The van der Waals surface area contributed by atoms with Crippen LogP contribution in [0.25, 0.3) is 0 Å². The molecule has 0 aromatic heterocycles. The largest absolute Gasteiger partial charge is 0.493 e.